The summed E-state index contributed by atoms with van der Waals surface area (Å²) >= 11 is 0. The molecule has 0 radical (unpaired) electrons. The molecule has 38 heavy (non-hydrogen) atoms. The second-order valence-corrected chi connectivity index (χ2v) is 13.4. The molecule has 0 bridgehead atoms. The highest BCUT2D eigenvalue weighted by atomic mass is 16.6. The second kappa shape index (κ2) is 11.8. The minimum absolute atomic E-state index is 0.0295. The molecule has 2 aliphatic rings. The third kappa shape index (κ3) is 7.21. The first kappa shape index (κ1) is 30.2. The Labute approximate surface area is 233 Å². The van der Waals surface area contributed by atoms with E-state index < -0.39 is 0 Å². The third-order valence-corrected chi connectivity index (χ3v) is 7.39. The number of fused-ring (bicyclic) bond motifs is 1. The van der Waals surface area contributed by atoms with Crippen LogP contribution in [-0.4, -0.2) is 23.9 Å². The highest BCUT2D eigenvalue weighted by molar-refractivity contribution is 6.54. The van der Waals surface area contributed by atoms with Crippen molar-refractivity contribution < 1.29 is 9.31 Å². The van der Waals surface area contributed by atoms with Crippen molar-refractivity contribution >= 4 is 31.0 Å². The largest absolute Gasteiger partial charge is 0.489 e. The Hall–Kier alpha value is -2.30. The Morgan fingerprint density at radius 1 is 1.00 bits per heavy atom. The van der Waals surface area contributed by atoms with Gasteiger partial charge in [0.05, 0.1) is 5.69 Å². The average molecular weight is 516 g/mol. The van der Waals surface area contributed by atoms with E-state index in [1.165, 1.54) is 39.3 Å². The molecule has 206 valence electrons. The molecule has 1 aromatic rings. The molecule has 4 heteroatoms. The van der Waals surface area contributed by atoms with Gasteiger partial charge >= 0.3 is 7.12 Å². The van der Waals surface area contributed by atoms with Crippen molar-refractivity contribution in [3.05, 3.63) is 70.0 Å². The van der Waals surface area contributed by atoms with E-state index in [4.69, 9.17) is 9.31 Å². The lowest BCUT2D eigenvalue weighted by molar-refractivity contribution is 0.135. The molecule has 0 fully saturated rings. The minimum atomic E-state index is -0.303. The van der Waals surface area contributed by atoms with Gasteiger partial charge in [-0.25, -0.2) is 0 Å². The van der Waals surface area contributed by atoms with E-state index in [1.54, 1.807) is 0 Å². The number of hydrogen-bond donors (Lipinski definition) is 0. The lowest BCUT2D eigenvalue weighted by Crippen LogP contribution is -2.32. The first-order valence-electron chi connectivity index (χ1n) is 14.3. The number of nitrogens with zero attached hydrogens (tertiary/aromatic N) is 1. The summed E-state index contributed by atoms with van der Waals surface area (Å²) in [4.78, 5) is 0. The van der Waals surface area contributed by atoms with Gasteiger partial charge in [-0.15, -0.1) is 0 Å². The summed E-state index contributed by atoms with van der Waals surface area (Å²) in [5, 5.41) is 0. The summed E-state index contributed by atoms with van der Waals surface area (Å²) in [6.07, 6.45) is 19.1. The van der Waals surface area contributed by atoms with Crippen LogP contribution >= 0.6 is 0 Å². The highest BCUT2D eigenvalue weighted by Crippen LogP contribution is 2.39. The highest BCUT2D eigenvalue weighted by Gasteiger charge is 2.29. The van der Waals surface area contributed by atoms with Crippen LogP contribution in [0.3, 0.4) is 0 Å². The van der Waals surface area contributed by atoms with Crippen LogP contribution in [0.4, 0.5) is 0 Å². The van der Waals surface area contributed by atoms with Crippen molar-refractivity contribution in [2.45, 2.75) is 108 Å². The van der Waals surface area contributed by atoms with Crippen LogP contribution in [0.25, 0.3) is 23.9 Å². The zero-order valence-corrected chi connectivity index (χ0v) is 25.9. The Morgan fingerprint density at radius 2 is 1.63 bits per heavy atom. The van der Waals surface area contributed by atoms with Crippen LogP contribution in [0.5, 0.6) is 0 Å². The number of allylic oxidation sites excluding steroid dienone is 8. The predicted molar refractivity (Wildman–Crippen MR) is 168 cm³/mol. The van der Waals surface area contributed by atoms with Crippen molar-refractivity contribution in [2.24, 2.45) is 10.8 Å². The van der Waals surface area contributed by atoms with Crippen molar-refractivity contribution in [2.75, 3.05) is 0 Å². The molecule has 0 amide bonds. The summed E-state index contributed by atoms with van der Waals surface area (Å²) in [6, 6.07) is 0. The summed E-state index contributed by atoms with van der Waals surface area (Å²) in [5.41, 5.74) is 10.4. The van der Waals surface area contributed by atoms with E-state index >= 15 is 0 Å². The first-order chi connectivity index (χ1) is 17.6. The van der Waals surface area contributed by atoms with Crippen LogP contribution in [0.15, 0.2) is 47.5 Å². The van der Waals surface area contributed by atoms with Gasteiger partial charge in [-0.2, -0.15) is 0 Å². The van der Waals surface area contributed by atoms with Gasteiger partial charge in [0.25, 0.3) is 0 Å². The molecule has 0 saturated heterocycles. The molecule has 3 rings (SSSR count). The van der Waals surface area contributed by atoms with E-state index in [0.717, 1.165) is 24.8 Å². The fourth-order valence-electron chi connectivity index (χ4n) is 4.81. The normalized spacial score (nSPS) is 16.5. The molecular formula is C34H50BNO2. The van der Waals surface area contributed by atoms with E-state index in [9.17, 15) is 0 Å². The van der Waals surface area contributed by atoms with Crippen molar-refractivity contribution in [1.82, 2.24) is 4.57 Å². The zero-order chi connectivity index (χ0) is 28.4. The number of aromatic nitrogens is 1. The van der Waals surface area contributed by atoms with Gasteiger partial charge in [0.2, 0.25) is 0 Å². The Balaban J connectivity index is 2.16. The molecule has 0 aromatic carbocycles. The molecule has 0 N–H and O–H groups in total. The molecular weight excluding hydrogens is 465 g/mol. The van der Waals surface area contributed by atoms with Crippen LogP contribution in [0.1, 0.15) is 111 Å². The maximum Gasteiger partial charge on any atom is 0.489 e. The topological polar surface area (TPSA) is 23.4 Å². The summed E-state index contributed by atoms with van der Waals surface area (Å²) < 4.78 is 14.8. The average Bonchev–Trinajstić information content (AvgIpc) is 2.93. The van der Waals surface area contributed by atoms with Gasteiger partial charge < -0.3 is 13.9 Å². The van der Waals surface area contributed by atoms with Gasteiger partial charge in [0.15, 0.2) is 0 Å². The molecule has 0 unspecified atom stereocenters. The fourth-order valence-corrected chi connectivity index (χ4v) is 4.81. The van der Waals surface area contributed by atoms with Crippen LogP contribution in [-0.2, 0) is 9.31 Å². The minimum Gasteiger partial charge on any atom is -0.405 e. The summed E-state index contributed by atoms with van der Waals surface area (Å²) in [5.74, 6) is 0. The molecule has 2 aliphatic carbocycles. The van der Waals surface area contributed by atoms with Crippen molar-refractivity contribution in [3.63, 3.8) is 0 Å². The lowest BCUT2D eigenvalue weighted by atomic mass is 9.72. The maximum absolute atomic E-state index is 6.15. The monoisotopic (exact) mass is 515 g/mol. The smallest absolute Gasteiger partial charge is 0.405 e. The Kier molecular flexibility index (Phi) is 9.43. The molecule has 3 nitrogen and oxygen atoms in total. The molecule has 0 saturated carbocycles. The van der Waals surface area contributed by atoms with Crippen LogP contribution in [0, 0.1) is 17.8 Å². The van der Waals surface area contributed by atoms with Gasteiger partial charge in [0.1, 0.15) is 0 Å². The van der Waals surface area contributed by atoms with Crippen molar-refractivity contribution in [3.8, 4) is 0 Å². The lowest BCUT2D eigenvalue weighted by Gasteiger charge is -2.25. The standard InChI is InChI=1S/C34H50BNO2/c1-23(2)37-35(38-24(3)4)28-17-19-29(20-18-28)36-31(21-16-25(5)33(7,8)9)26(6)30-22-27(34(10,11)12)14-13-15-32(30)36/h13,15-17,19,21-24H,5,14,18,20H2,1-4,6-12H3. The van der Waals surface area contributed by atoms with E-state index in [-0.39, 0.29) is 30.2 Å². The van der Waals surface area contributed by atoms with Crippen molar-refractivity contribution in [1.29, 1.82) is 0 Å². The third-order valence-electron chi connectivity index (χ3n) is 7.39. The van der Waals surface area contributed by atoms with Crippen LogP contribution < -0.4 is 0 Å². The zero-order valence-electron chi connectivity index (χ0n) is 25.9. The number of rotatable bonds is 8. The molecule has 0 atom stereocenters. The molecule has 1 heterocycles. The van der Waals surface area contributed by atoms with E-state index in [1.807, 2.05) is 0 Å². The second-order valence-electron chi connectivity index (χ2n) is 13.4. The van der Waals surface area contributed by atoms with E-state index in [2.05, 4.69) is 130 Å². The van der Waals surface area contributed by atoms with Gasteiger partial charge in [0, 0.05) is 29.2 Å². The van der Waals surface area contributed by atoms with Crippen LogP contribution in [0.2, 0.25) is 0 Å². The summed E-state index contributed by atoms with van der Waals surface area (Å²) in [6.45, 7) is 28.4. The Morgan fingerprint density at radius 3 is 2.13 bits per heavy atom. The van der Waals surface area contributed by atoms with Gasteiger partial charge in [-0.05, 0) is 99.5 Å². The molecule has 0 spiro atoms. The van der Waals surface area contributed by atoms with Gasteiger partial charge in [-0.1, -0.05) is 78.0 Å². The molecule has 0 aliphatic heterocycles. The first-order valence-corrected chi connectivity index (χ1v) is 14.3. The number of hydrogen-bond acceptors (Lipinski definition) is 2. The van der Waals surface area contributed by atoms with Gasteiger partial charge in [-0.3, -0.25) is 0 Å². The van der Waals surface area contributed by atoms with E-state index in [0.29, 0.717) is 0 Å². The molecule has 1 aromatic heterocycles. The Bertz CT molecular complexity index is 1180. The quantitative estimate of drug-likeness (QED) is 0.254. The SMILES string of the molecule is C=C(C=Cc1c(C)c2c(n1C1=CC=C(B(OC(C)C)OC(C)C)CC1)C=CCC(C(C)(C)C)=C2)C(C)(C)C. The summed E-state index contributed by atoms with van der Waals surface area (Å²) in [7, 11) is -0.303. The maximum atomic E-state index is 6.15. The predicted octanol–water partition coefficient (Wildman–Crippen LogP) is 9.70. The fraction of sp³-hybridized carbons (Fsp3) is 0.529.